The number of benzene rings is 2. The van der Waals surface area contributed by atoms with Crippen LogP contribution in [0, 0.1) is 0 Å². The molecule has 1 N–H and O–H groups in total. The summed E-state index contributed by atoms with van der Waals surface area (Å²) in [5.41, 5.74) is 2.77. The van der Waals surface area contributed by atoms with Gasteiger partial charge in [-0.05, 0) is 42.3 Å². The third-order valence-corrected chi connectivity index (χ3v) is 3.44. The molecule has 0 unspecified atom stereocenters. The van der Waals surface area contributed by atoms with Crippen molar-refractivity contribution in [2.24, 2.45) is 0 Å². The molecule has 2 rings (SSSR count). The van der Waals surface area contributed by atoms with Gasteiger partial charge in [0, 0.05) is 12.2 Å². The van der Waals surface area contributed by atoms with Crippen molar-refractivity contribution in [1.82, 2.24) is 0 Å². The predicted octanol–water partition coefficient (Wildman–Crippen LogP) is 4.12. The fraction of sp³-hybridized carbons (Fsp3) is 0.263. The zero-order chi connectivity index (χ0) is 16.7. The predicted molar refractivity (Wildman–Crippen MR) is 91.9 cm³/mol. The maximum atomic E-state index is 9.84. The molecule has 0 aliphatic rings. The molecule has 122 valence electrons. The van der Waals surface area contributed by atoms with Crippen molar-refractivity contribution in [2.75, 3.05) is 20.8 Å². The SMILES string of the molecule is CCOCc1cc(/C=C/c2ccc(OC)c(OC)c2)ccc1O. The number of ether oxygens (including phenoxy) is 3. The molecular formula is C19H22O4. The van der Waals surface area contributed by atoms with Gasteiger partial charge in [-0.3, -0.25) is 0 Å². The summed E-state index contributed by atoms with van der Waals surface area (Å²) in [7, 11) is 3.23. The Labute approximate surface area is 136 Å². The van der Waals surface area contributed by atoms with Crippen LogP contribution in [0.4, 0.5) is 0 Å². The molecular weight excluding hydrogens is 292 g/mol. The highest BCUT2D eigenvalue weighted by Crippen LogP contribution is 2.28. The van der Waals surface area contributed by atoms with E-state index in [2.05, 4.69) is 0 Å². The Hall–Kier alpha value is -2.46. The van der Waals surface area contributed by atoms with Gasteiger partial charge in [-0.1, -0.05) is 24.3 Å². The Bertz CT molecular complexity index is 677. The van der Waals surface area contributed by atoms with E-state index < -0.39 is 0 Å². The summed E-state index contributed by atoms with van der Waals surface area (Å²) in [5, 5.41) is 9.84. The summed E-state index contributed by atoms with van der Waals surface area (Å²) >= 11 is 0. The second-order valence-corrected chi connectivity index (χ2v) is 4.97. The van der Waals surface area contributed by atoms with Gasteiger partial charge in [-0.15, -0.1) is 0 Å². The van der Waals surface area contributed by atoms with Crippen molar-refractivity contribution in [1.29, 1.82) is 0 Å². The first kappa shape index (κ1) is 16.9. The first-order valence-electron chi connectivity index (χ1n) is 7.47. The van der Waals surface area contributed by atoms with Gasteiger partial charge in [-0.2, -0.15) is 0 Å². The smallest absolute Gasteiger partial charge is 0.161 e. The monoisotopic (exact) mass is 314 g/mol. The molecule has 0 aliphatic heterocycles. The number of rotatable bonds is 7. The van der Waals surface area contributed by atoms with E-state index in [1.807, 2.05) is 49.4 Å². The minimum atomic E-state index is 0.252. The van der Waals surface area contributed by atoms with Crippen molar-refractivity contribution in [3.05, 3.63) is 53.1 Å². The first-order chi connectivity index (χ1) is 11.2. The summed E-state index contributed by atoms with van der Waals surface area (Å²) in [6, 6.07) is 11.2. The highest BCUT2D eigenvalue weighted by Gasteiger charge is 2.04. The molecule has 23 heavy (non-hydrogen) atoms. The summed E-state index contributed by atoms with van der Waals surface area (Å²) in [6.45, 7) is 2.95. The van der Waals surface area contributed by atoms with E-state index in [9.17, 15) is 5.11 Å². The number of phenolic OH excluding ortho intramolecular Hbond substituents is 1. The van der Waals surface area contributed by atoms with Crippen LogP contribution in [0.1, 0.15) is 23.6 Å². The molecule has 0 fully saturated rings. The van der Waals surface area contributed by atoms with E-state index in [1.165, 1.54) is 0 Å². The lowest BCUT2D eigenvalue weighted by atomic mass is 10.1. The lowest BCUT2D eigenvalue weighted by molar-refractivity contribution is 0.132. The number of hydrogen-bond donors (Lipinski definition) is 1. The maximum absolute atomic E-state index is 9.84. The van der Waals surface area contributed by atoms with Gasteiger partial charge in [0.15, 0.2) is 11.5 Å². The van der Waals surface area contributed by atoms with Crippen LogP contribution in [0.5, 0.6) is 17.2 Å². The molecule has 4 nitrogen and oxygen atoms in total. The third kappa shape index (κ3) is 4.50. The summed E-state index contributed by atoms with van der Waals surface area (Å²) < 4.78 is 15.9. The Morgan fingerprint density at radius 2 is 1.57 bits per heavy atom. The van der Waals surface area contributed by atoms with Crippen LogP contribution in [-0.2, 0) is 11.3 Å². The van der Waals surface area contributed by atoms with E-state index in [0.717, 1.165) is 16.7 Å². The molecule has 2 aromatic carbocycles. The van der Waals surface area contributed by atoms with Crippen molar-refractivity contribution in [3.63, 3.8) is 0 Å². The van der Waals surface area contributed by atoms with E-state index >= 15 is 0 Å². The largest absolute Gasteiger partial charge is 0.508 e. The van der Waals surface area contributed by atoms with E-state index in [1.54, 1.807) is 20.3 Å². The van der Waals surface area contributed by atoms with Crippen LogP contribution in [0.2, 0.25) is 0 Å². The molecule has 0 amide bonds. The van der Waals surface area contributed by atoms with Crippen molar-refractivity contribution < 1.29 is 19.3 Å². The third-order valence-electron chi connectivity index (χ3n) is 3.44. The Morgan fingerprint density at radius 3 is 2.22 bits per heavy atom. The van der Waals surface area contributed by atoms with Gasteiger partial charge in [0.25, 0.3) is 0 Å². The molecule has 0 saturated carbocycles. The van der Waals surface area contributed by atoms with E-state index in [4.69, 9.17) is 14.2 Å². The Kier molecular flexibility index (Phi) is 6.06. The number of hydrogen-bond acceptors (Lipinski definition) is 4. The van der Waals surface area contributed by atoms with Crippen LogP contribution in [0.3, 0.4) is 0 Å². The molecule has 0 atom stereocenters. The lowest BCUT2D eigenvalue weighted by Gasteiger charge is -2.08. The van der Waals surface area contributed by atoms with Crippen molar-refractivity contribution >= 4 is 12.2 Å². The molecule has 0 bridgehead atoms. The number of aromatic hydroxyl groups is 1. The van der Waals surface area contributed by atoms with Gasteiger partial charge in [0.2, 0.25) is 0 Å². The average Bonchev–Trinajstić information content (AvgIpc) is 2.59. The molecule has 4 heteroatoms. The Balaban J connectivity index is 2.19. The molecule has 0 radical (unpaired) electrons. The van der Waals surface area contributed by atoms with Gasteiger partial charge in [-0.25, -0.2) is 0 Å². The fourth-order valence-electron chi connectivity index (χ4n) is 2.19. The highest BCUT2D eigenvalue weighted by atomic mass is 16.5. The quantitative estimate of drug-likeness (QED) is 0.781. The standard InChI is InChI=1S/C19H22O4/c1-4-23-13-16-11-14(7-9-17(16)20)5-6-15-8-10-18(21-2)19(12-15)22-3/h5-12,20H,4,13H2,1-3H3/b6-5+. The van der Waals surface area contributed by atoms with Crippen LogP contribution >= 0.6 is 0 Å². The van der Waals surface area contributed by atoms with Crippen molar-refractivity contribution in [2.45, 2.75) is 13.5 Å². The van der Waals surface area contributed by atoms with Crippen LogP contribution in [0.25, 0.3) is 12.2 Å². The number of phenols is 1. The molecule has 0 aromatic heterocycles. The Morgan fingerprint density at radius 1 is 0.913 bits per heavy atom. The average molecular weight is 314 g/mol. The summed E-state index contributed by atoms with van der Waals surface area (Å²) in [4.78, 5) is 0. The van der Waals surface area contributed by atoms with Gasteiger partial charge in [0.05, 0.1) is 20.8 Å². The van der Waals surface area contributed by atoms with Crippen LogP contribution in [0.15, 0.2) is 36.4 Å². The van der Waals surface area contributed by atoms with Crippen molar-refractivity contribution in [3.8, 4) is 17.2 Å². The molecule has 0 spiro atoms. The molecule has 0 saturated heterocycles. The fourth-order valence-corrected chi connectivity index (χ4v) is 2.19. The van der Waals surface area contributed by atoms with E-state index in [-0.39, 0.29) is 5.75 Å². The first-order valence-corrected chi connectivity index (χ1v) is 7.47. The zero-order valence-corrected chi connectivity index (χ0v) is 13.7. The minimum absolute atomic E-state index is 0.252. The minimum Gasteiger partial charge on any atom is -0.508 e. The molecule has 0 aliphatic carbocycles. The van der Waals surface area contributed by atoms with Gasteiger partial charge in [0.1, 0.15) is 5.75 Å². The van der Waals surface area contributed by atoms with Crippen LogP contribution < -0.4 is 9.47 Å². The van der Waals surface area contributed by atoms with E-state index in [0.29, 0.717) is 24.7 Å². The summed E-state index contributed by atoms with van der Waals surface area (Å²) in [6.07, 6.45) is 3.97. The zero-order valence-electron chi connectivity index (χ0n) is 13.7. The topological polar surface area (TPSA) is 47.9 Å². The normalized spacial score (nSPS) is 10.9. The summed E-state index contributed by atoms with van der Waals surface area (Å²) in [5.74, 6) is 1.65. The number of methoxy groups -OCH3 is 2. The second-order valence-electron chi connectivity index (χ2n) is 4.97. The highest BCUT2D eigenvalue weighted by molar-refractivity contribution is 5.71. The maximum Gasteiger partial charge on any atom is 0.161 e. The molecule has 0 heterocycles. The lowest BCUT2D eigenvalue weighted by Crippen LogP contribution is -1.93. The second kappa shape index (κ2) is 8.25. The molecule has 2 aromatic rings. The van der Waals surface area contributed by atoms with Crippen LogP contribution in [-0.4, -0.2) is 25.9 Å². The van der Waals surface area contributed by atoms with Gasteiger partial charge >= 0.3 is 0 Å². The van der Waals surface area contributed by atoms with Gasteiger partial charge < -0.3 is 19.3 Å².